The molecule has 3 rings (SSSR count). The number of carbonyl (C=O) groups is 2. The Morgan fingerprint density at radius 3 is 2.50 bits per heavy atom. The predicted molar refractivity (Wildman–Crippen MR) is 114 cm³/mol. The van der Waals surface area contributed by atoms with Crippen molar-refractivity contribution < 1.29 is 19.1 Å². The van der Waals surface area contributed by atoms with Crippen LogP contribution in [0.25, 0.3) is 6.08 Å². The number of hydrogen-bond acceptors (Lipinski definition) is 5. The maximum absolute atomic E-state index is 12.5. The van der Waals surface area contributed by atoms with Gasteiger partial charge < -0.3 is 9.47 Å². The van der Waals surface area contributed by atoms with Crippen molar-refractivity contribution in [1.29, 1.82) is 0 Å². The fourth-order valence-corrected chi connectivity index (χ4v) is 3.59. The lowest BCUT2D eigenvalue weighted by Gasteiger charge is -2.14. The van der Waals surface area contributed by atoms with Crippen LogP contribution in [-0.2, 0) is 4.79 Å². The minimum Gasteiger partial charge on any atom is -0.493 e. The van der Waals surface area contributed by atoms with E-state index >= 15 is 0 Å². The number of thioether (sulfide) groups is 1. The van der Waals surface area contributed by atoms with Gasteiger partial charge in [-0.15, -0.1) is 0 Å². The molecule has 2 aromatic rings. The van der Waals surface area contributed by atoms with Crippen LogP contribution in [0.4, 0.5) is 4.79 Å². The second-order valence-corrected chi connectivity index (χ2v) is 7.67. The summed E-state index contributed by atoms with van der Waals surface area (Å²) in [7, 11) is 1.56. The molecule has 144 valence electrons. The molecule has 0 aromatic heterocycles. The van der Waals surface area contributed by atoms with Crippen LogP contribution in [0.15, 0.2) is 70.1 Å². The highest BCUT2D eigenvalue weighted by molar-refractivity contribution is 9.10. The molecule has 0 atom stereocenters. The molecule has 7 heteroatoms. The van der Waals surface area contributed by atoms with Crippen molar-refractivity contribution in [1.82, 2.24) is 4.90 Å². The molecule has 0 radical (unpaired) electrons. The lowest BCUT2D eigenvalue weighted by molar-refractivity contribution is -0.123. The maximum Gasteiger partial charge on any atom is 0.293 e. The molecule has 5 nitrogen and oxygen atoms in total. The van der Waals surface area contributed by atoms with Crippen LogP contribution in [0, 0.1) is 0 Å². The molecule has 1 aliphatic heterocycles. The van der Waals surface area contributed by atoms with Gasteiger partial charge in [0.2, 0.25) is 0 Å². The summed E-state index contributed by atoms with van der Waals surface area (Å²) in [5.74, 6) is 0.874. The fraction of sp³-hybridized carbons (Fsp3) is 0.143. The molecule has 0 N–H and O–H groups in total. The minimum absolute atomic E-state index is 0.177. The molecule has 0 bridgehead atoms. The van der Waals surface area contributed by atoms with Crippen molar-refractivity contribution in [3.05, 3.63) is 75.6 Å². The van der Waals surface area contributed by atoms with Crippen molar-refractivity contribution in [3.8, 4) is 11.5 Å². The smallest absolute Gasteiger partial charge is 0.293 e. The Morgan fingerprint density at radius 1 is 1.07 bits per heavy atom. The Kier molecular flexibility index (Phi) is 6.95. The summed E-state index contributed by atoms with van der Waals surface area (Å²) in [5.41, 5.74) is 1.00. The number of rotatable bonds is 7. The number of allylic oxidation sites excluding steroid dienone is 2. The van der Waals surface area contributed by atoms with Gasteiger partial charge >= 0.3 is 0 Å². The first kappa shape index (κ1) is 20.2. The number of para-hydroxylation sites is 2. The van der Waals surface area contributed by atoms with Gasteiger partial charge in [-0.3, -0.25) is 14.5 Å². The summed E-state index contributed by atoms with van der Waals surface area (Å²) < 4.78 is 11.9. The number of amides is 2. The Morgan fingerprint density at radius 2 is 1.79 bits per heavy atom. The predicted octanol–water partition coefficient (Wildman–Crippen LogP) is 5.13. The van der Waals surface area contributed by atoms with Crippen molar-refractivity contribution >= 4 is 44.9 Å². The molecule has 0 aliphatic carbocycles. The SMILES string of the molecule is COc1ccccc1OCCN1C(=O)S/C(=C\C=C\c2ccc(Br)cc2)C1=O. The van der Waals surface area contributed by atoms with E-state index in [1.165, 1.54) is 4.90 Å². The molecule has 0 saturated carbocycles. The van der Waals surface area contributed by atoms with Gasteiger partial charge in [0.15, 0.2) is 11.5 Å². The highest BCUT2D eigenvalue weighted by Crippen LogP contribution is 2.31. The first-order chi connectivity index (χ1) is 13.6. The van der Waals surface area contributed by atoms with Crippen LogP contribution in [0.2, 0.25) is 0 Å². The quantitative estimate of drug-likeness (QED) is 0.537. The number of benzene rings is 2. The summed E-state index contributed by atoms with van der Waals surface area (Å²) in [4.78, 5) is 26.2. The Hall–Kier alpha value is -2.51. The van der Waals surface area contributed by atoms with Crippen molar-refractivity contribution in [2.45, 2.75) is 0 Å². The van der Waals surface area contributed by atoms with Crippen LogP contribution in [-0.4, -0.2) is 36.3 Å². The van der Waals surface area contributed by atoms with Gasteiger partial charge in [-0.05, 0) is 47.7 Å². The van der Waals surface area contributed by atoms with E-state index in [4.69, 9.17) is 9.47 Å². The Balaban J connectivity index is 1.57. The van der Waals surface area contributed by atoms with Crippen LogP contribution < -0.4 is 9.47 Å². The van der Waals surface area contributed by atoms with Crippen LogP contribution in [0.1, 0.15) is 5.56 Å². The van der Waals surface area contributed by atoms with E-state index in [1.54, 1.807) is 31.4 Å². The molecular formula is C21H18BrNO4S. The standard InChI is InChI=1S/C21H18BrNO4S/c1-26-17-6-2-3-7-18(17)27-14-13-23-20(24)19(28-21(23)25)8-4-5-15-9-11-16(22)12-10-15/h2-12H,13-14H2,1H3/b5-4+,19-8-. The molecule has 1 fully saturated rings. The molecule has 1 saturated heterocycles. The summed E-state index contributed by atoms with van der Waals surface area (Å²) in [6.07, 6.45) is 5.31. The highest BCUT2D eigenvalue weighted by Gasteiger charge is 2.34. The zero-order valence-corrected chi connectivity index (χ0v) is 17.5. The first-order valence-corrected chi connectivity index (χ1v) is 10.1. The third-order valence-electron chi connectivity index (χ3n) is 3.92. The van der Waals surface area contributed by atoms with Gasteiger partial charge in [-0.25, -0.2) is 0 Å². The second kappa shape index (κ2) is 9.61. The number of carbonyl (C=O) groups excluding carboxylic acids is 2. The van der Waals surface area contributed by atoms with E-state index in [0.29, 0.717) is 16.4 Å². The topological polar surface area (TPSA) is 55.8 Å². The zero-order valence-electron chi connectivity index (χ0n) is 15.1. The summed E-state index contributed by atoms with van der Waals surface area (Å²) in [5, 5.41) is -0.295. The zero-order chi connectivity index (χ0) is 19.9. The summed E-state index contributed by atoms with van der Waals surface area (Å²) >= 11 is 4.32. The van der Waals surface area contributed by atoms with E-state index in [0.717, 1.165) is 21.8 Å². The summed E-state index contributed by atoms with van der Waals surface area (Å²) in [6.45, 7) is 0.372. The number of nitrogens with zero attached hydrogens (tertiary/aromatic N) is 1. The molecule has 28 heavy (non-hydrogen) atoms. The van der Waals surface area contributed by atoms with Gasteiger partial charge in [0.1, 0.15) is 6.61 Å². The van der Waals surface area contributed by atoms with Gasteiger partial charge in [-0.2, -0.15) is 0 Å². The number of imide groups is 1. The van der Waals surface area contributed by atoms with E-state index in [-0.39, 0.29) is 24.3 Å². The van der Waals surface area contributed by atoms with E-state index in [2.05, 4.69) is 15.9 Å². The van der Waals surface area contributed by atoms with E-state index < -0.39 is 0 Å². The van der Waals surface area contributed by atoms with Crippen molar-refractivity contribution in [3.63, 3.8) is 0 Å². The number of ether oxygens (including phenoxy) is 2. The molecule has 0 unspecified atom stereocenters. The third kappa shape index (κ3) is 5.05. The molecule has 0 spiro atoms. The number of hydrogen-bond donors (Lipinski definition) is 0. The van der Waals surface area contributed by atoms with Crippen LogP contribution >= 0.6 is 27.7 Å². The van der Waals surface area contributed by atoms with Crippen molar-refractivity contribution in [2.24, 2.45) is 0 Å². The van der Waals surface area contributed by atoms with E-state index in [1.807, 2.05) is 42.5 Å². The average Bonchev–Trinajstić information content (AvgIpc) is 2.97. The minimum atomic E-state index is -0.306. The molecular weight excluding hydrogens is 442 g/mol. The van der Waals surface area contributed by atoms with E-state index in [9.17, 15) is 9.59 Å². The number of halogens is 1. The van der Waals surface area contributed by atoms with Gasteiger partial charge in [0.25, 0.3) is 11.1 Å². The monoisotopic (exact) mass is 459 g/mol. The Labute approximate surface area is 176 Å². The molecule has 2 aromatic carbocycles. The third-order valence-corrected chi connectivity index (χ3v) is 5.38. The van der Waals surface area contributed by atoms with Gasteiger partial charge in [0, 0.05) is 4.47 Å². The van der Waals surface area contributed by atoms with Crippen LogP contribution in [0.5, 0.6) is 11.5 Å². The Bertz CT molecular complexity index is 924. The van der Waals surface area contributed by atoms with Gasteiger partial charge in [0.05, 0.1) is 18.6 Å². The lowest BCUT2D eigenvalue weighted by atomic mass is 10.2. The molecule has 2 amide bonds. The second-order valence-electron chi connectivity index (χ2n) is 5.77. The van der Waals surface area contributed by atoms with Crippen LogP contribution in [0.3, 0.4) is 0 Å². The molecule has 1 heterocycles. The maximum atomic E-state index is 12.5. The molecule has 1 aliphatic rings. The lowest BCUT2D eigenvalue weighted by Crippen LogP contribution is -2.32. The largest absolute Gasteiger partial charge is 0.493 e. The average molecular weight is 460 g/mol. The summed E-state index contributed by atoms with van der Waals surface area (Å²) in [6, 6.07) is 15.0. The van der Waals surface area contributed by atoms with Gasteiger partial charge in [-0.1, -0.05) is 52.3 Å². The highest BCUT2D eigenvalue weighted by atomic mass is 79.9. The fourth-order valence-electron chi connectivity index (χ4n) is 2.51. The normalized spacial score (nSPS) is 15.6. The first-order valence-electron chi connectivity index (χ1n) is 8.52. The number of methoxy groups -OCH3 is 1. The van der Waals surface area contributed by atoms with Crippen molar-refractivity contribution in [2.75, 3.05) is 20.3 Å².